The number of ketones is 1. The zero-order valence-corrected chi connectivity index (χ0v) is 13.7. The third-order valence-electron chi connectivity index (χ3n) is 4.23. The number of halogens is 1. The summed E-state index contributed by atoms with van der Waals surface area (Å²) in [5.74, 6) is 0.0317. The van der Waals surface area contributed by atoms with Crippen molar-refractivity contribution in [3.05, 3.63) is 60.7 Å². The molecule has 0 saturated carbocycles. The van der Waals surface area contributed by atoms with Crippen molar-refractivity contribution >= 4 is 17.5 Å². The SMILES string of the molecule is O=C1CC(=O)N(c2ccc(-c3cc[nH]c3)[nH]2)[C@H](Oc2ccc(F)cc2)C1. The Hall–Kier alpha value is -3.35. The molecule has 1 aromatic carbocycles. The summed E-state index contributed by atoms with van der Waals surface area (Å²) in [6.45, 7) is 0. The second-order valence-electron chi connectivity index (χ2n) is 6.07. The molecule has 1 aliphatic rings. The molecule has 3 heterocycles. The second kappa shape index (κ2) is 6.51. The van der Waals surface area contributed by atoms with Gasteiger partial charge in [0.25, 0.3) is 0 Å². The number of amides is 1. The average Bonchev–Trinajstić information content (AvgIpc) is 3.27. The number of benzene rings is 1. The van der Waals surface area contributed by atoms with E-state index in [0.29, 0.717) is 11.6 Å². The lowest BCUT2D eigenvalue weighted by atomic mass is 10.1. The summed E-state index contributed by atoms with van der Waals surface area (Å²) in [5, 5.41) is 0. The van der Waals surface area contributed by atoms with E-state index >= 15 is 0 Å². The first-order chi connectivity index (χ1) is 12.6. The molecular formula is C19H16FN3O3. The van der Waals surface area contributed by atoms with Gasteiger partial charge in [-0.2, -0.15) is 0 Å². The first-order valence-corrected chi connectivity index (χ1v) is 8.18. The van der Waals surface area contributed by atoms with Crippen molar-refractivity contribution in [1.29, 1.82) is 0 Å². The Morgan fingerprint density at radius 2 is 1.88 bits per heavy atom. The van der Waals surface area contributed by atoms with Crippen molar-refractivity contribution in [2.75, 3.05) is 4.90 Å². The molecule has 132 valence electrons. The Bertz CT molecular complexity index is 931. The number of anilines is 1. The van der Waals surface area contributed by atoms with Gasteiger partial charge in [0.05, 0.1) is 12.8 Å². The Balaban J connectivity index is 1.63. The molecule has 0 radical (unpaired) electrons. The molecule has 4 rings (SSSR count). The van der Waals surface area contributed by atoms with Gasteiger partial charge in [0, 0.05) is 23.7 Å². The van der Waals surface area contributed by atoms with Crippen molar-refractivity contribution in [2.45, 2.75) is 19.1 Å². The predicted molar refractivity (Wildman–Crippen MR) is 93.1 cm³/mol. The summed E-state index contributed by atoms with van der Waals surface area (Å²) in [4.78, 5) is 32.0. The van der Waals surface area contributed by atoms with Crippen molar-refractivity contribution in [2.24, 2.45) is 0 Å². The van der Waals surface area contributed by atoms with Crippen LogP contribution in [-0.2, 0) is 9.59 Å². The monoisotopic (exact) mass is 353 g/mol. The Morgan fingerprint density at radius 1 is 1.08 bits per heavy atom. The molecule has 0 bridgehead atoms. The third-order valence-corrected chi connectivity index (χ3v) is 4.23. The van der Waals surface area contributed by atoms with E-state index in [1.165, 1.54) is 29.2 Å². The maximum Gasteiger partial charge on any atom is 0.238 e. The number of ether oxygens (including phenoxy) is 1. The van der Waals surface area contributed by atoms with Crippen LogP contribution in [0.25, 0.3) is 11.3 Å². The van der Waals surface area contributed by atoms with E-state index in [-0.39, 0.29) is 30.3 Å². The van der Waals surface area contributed by atoms with Crippen molar-refractivity contribution in [1.82, 2.24) is 9.97 Å². The van der Waals surface area contributed by atoms with Crippen LogP contribution in [0.1, 0.15) is 12.8 Å². The summed E-state index contributed by atoms with van der Waals surface area (Å²) in [7, 11) is 0. The molecule has 7 heteroatoms. The lowest BCUT2D eigenvalue weighted by Crippen LogP contribution is -2.50. The van der Waals surface area contributed by atoms with E-state index in [4.69, 9.17) is 4.74 Å². The number of Topliss-reactive ketones (excluding diaryl/α,β-unsaturated/α-hetero) is 1. The van der Waals surface area contributed by atoms with Crippen LogP contribution in [0.4, 0.5) is 10.2 Å². The number of aromatic amines is 2. The van der Waals surface area contributed by atoms with Gasteiger partial charge in [-0.25, -0.2) is 4.39 Å². The number of nitrogens with zero attached hydrogens (tertiary/aromatic N) is 1. The standard InChI is InChI=1S/C19H16FN3O3/c20-13-1-3-15(4-2-13)26-19-10-14(24)9-18(25)23(19)17-6-5-16(22-17)12-7-8-21-11-12/h1-8,11,19,21-22H,9-10H2/t19-/m1/s1. The first-order valence-electron chi connectivity index (χ1n) is 8.18. The van der Waals surface area contributed by atoms with E-state index in [1.807, 2.05) is 18.3 Å². The summed E-state index contributed by atoms with van der Waals surface area (Å²) >= 11 is 0. The first kappa shape index (κ1) is 16.1. The highest BCUT2D eigenvalue weighted by Crippen LogP contribution is 2.29. The molecule has 1 amide bonds. The van der Waals surface area contributed by atoms with Gasteiger partial charge in [-0.05, 0) is 42.5 Å². The van der Waals surface area contributed by atoms with Gasteiger partial charge in [-0.3, -0.25) is 14.5 Å². The maximum atomic E-state index is 13.1. The molecule has 26 heavy (non-hydrogen) atoms. The highest BCUT2D eigenvalue weighted by molar-refractivity contribution is 6.08. The molecule has 2 aromatic heterocycles. The van der Waals surface area contributed by atoms with Crippen LogP contribution in [0.5, 0.6) is 5.75 Å². The van der Waals surface area contributed by atoms with Crippen LogP contribution >= 0.6 is 0 Å². The van der Waals surface area contributed by atoms with Crippen LogP contribution < -0.4 is 9.64 Å². The number of carbonyl (C=O) groups excluding carboxylic acids is 2. The van der Waals surface area contributed by atoms with Gasteiger partial charge in [0.1, 0.15) is 23.2 Å². The molecule has 3 aromatic rings. The maximum absolute atomic E-state index is 13.1. The van der Waals surface area contributed by atoms with E-state index < -0.39 is 6.23 Å². The normalized spacial score (nSPS) is 17.6. The van der Waals surface area contributed by atoms with Crippen LogP contribution in [0.2, 0.25) is 0 Å². The number of carbonyl (C=O) groups is 2. The highest BCUT2D eigenvalue weighted by Gasteiger charge is 2.36. The minimum atomic E-state index is -0.785. The summed E-state index contributed by atoms with van der Waals surface area (Å²) < 4.78 is 18.9. The topological polar surface area (TPSA) is 78.2 Å². The number of hydrogen-bond donors (Lipinski definition) is 2. The number of nitrogens with one attached hydrogen (secondary N) is 2. The molecule has 0 aliphatic carbocycles. The Labute approximate surface area is 148 Å². The molecule has 0 unspecified atom stereocenters. The predicted octanol–water partition coefficient (Wildman–Crippen LogP) is 3.25. The fourth-order valence-corrected chi connectivity index (χ4v) is 3.01. The second-order valence-corrected chi connectivity index (χ2v) is 6.07. The fourth-order valence-electron chi connectivity index (χ4n) is 3.01. The Morgan fingerprint density at radius 3 is 2.62 bits per heavy atom. The molecule has 1 saturated heterocycles. The highest BCUT2D eigenvalue weighted by atomic mass is 19.1. The zero-order chi connectivity index (χ0) is 18.1. The molecular weight excluding hydrogens is 337 g/mol. The van der Waals surface area contributed by atoms with Gasteiger partial charge >= 0.3 is 0 Å². The minimum absolute atomic E-state index is 0.0711. The van der Waals surface area contributed by atoms with E-state index in [9.17, 15) is 14.0 Å². The molecule has 2 N–H and O–H groups in total. The number of rotatable bonds is 4. The summed E-state index contributed by atoms with van der Waals surface area (Å²) in [6, 6.07) is 11.0. The van der Waals surface area contributed by atoms with Gasteiger partial charge in [-0.1, -0.05) is 0 Å². The summed E-state index contributed by atoms with van der Waals surface area (Å²) in [5.41, 5.74) is 1.79. The Kier molecular flexibility index (Phi) is 4.04. The van der Waals surface area contributed by atoms with E-state index in [1.54, 1.807) is 12.3 Å². The van der Waals surface area contributed by atoms with Crippen molar-refractivity contribution in [3.8, 4) is 17.0 Å². The zero-order valence-electron chi connectivity index (χ0n) is 13.7. The van der Waals surface area contributed by atoms with Crippen LogP contribution in [-0.4, -0.2) is 27.9 Å². The number of H-pyrrole nitrogens is 2. The van der Waals surface area contributed by atoms with Crippen LogP contribution in [0.3, 0.4) is 0 Å². The number of piperidine rings is 1. The van der Waals surface area contributed by atoms with Crippen molar-refractivity contribution < 1.29 is 18.7 Å². The van der Waals surface area contributed by atoms with Crippen molar-refractivity contribution in [3.63, 3.8) is 0 Å². The molecule has 0 spiro atoms. The van der Waals surface area contributed by atoms with Crippen LogP contribution in [0.15, 0.2) is 54.9 Å². The molecule has 6 nitrogen and oxygen atoms in total. The molecule has 1 atom stereocenters. The van der Waals surface area contributed by atoms with Gasteiger partial charge in [0.15, 0.2) is 6.23 Å². The number of hydrogen-bond acceptors (Lipinski definition) is 3. The van der Waals surface area contributed by atoms with Gasteiger partial charge in [-0.15, -0.1) is 0 Å². The largest absolute Gasteiger partial charge is 0.470 e. The lowest BCUT2D eigenvalue weighted by molar-refractivity contribution is -0.132. The fraction of sp³-hybridized carbons (Fsp3) is 0.158. The average molecular weight is 353 g/mol. The van der Waals surface area contributed by atoms with Gasteiger partial charge in [0.2, 0.25) is 5.91 Å². The van der Waals surface area contributed by atoms with E-state index in [2.05, 4.69) is 9.97 Å². The number of aromatic nitrogens is 2. The minimum Gasteiger partial charge on any atom is -0.470 e. The van der Waals surface area contributed by atoms with Crippen LogP contribution in [0, 0.1) is 5.82 Å². The van der Waals surface area contributed by atoms with E-state index in [0.717, 1.165) is 11.3 Å². The molecule has 1 aliphatic heterocycles. The van der Waals surface area contributed by atoms with Gasteiger partial charge < -0.3 is 14.7 Å². The quantitative estimate of drug-likeness (QED) is 0.707. The molecule has 1 fully saturated rings. The third kappa shape index (κ3) is 3.11. The lowest BCUT2D eigenvalue weighted by Gasteiger charge is -2.33. The summed E-state index contributed by atoms with van der Waals surface area (Å²) in [6.07, 6.45) is 2.76. The smallest absolute Gasteiger partial charge is 0.238 e.